The van der Waals surface area contributed by atoms with Gasteiger partial charge in [-0.25, -0.2) is 9.37 Å². The number of nitrogens with zero attached hydrogens (tertiary/aromatic N) is 2. The highest BCUT2D eigenvalue weighted by atomic mass is 19.1. The van der Waals surface area contributed by atoms with E-state index in [-0.39, 0.29) is 5.82 Å². The largest absolute Gasteiger partial charge is 0.345 e. The minimum atomic E-state index is -0.328. The standard InChI is InChI=1S/C12H16FN3/c1-4-6-16(5-2)12-10(8-14-3)7-11(13)9-15-12/h1,7,9,14H,5-6,8H2,2-3H3. The molecule has 0 bridgehead atoms. The van der Waals surface area contributed by atoms with Crippen LogP contribution in [0.1, 0.15) is 12.5 Å². The van der Waals surface area contributed by atoms with Gasteiger partial charge in [0.15, 0.2) is 0 Å². The van der Waals surface area contributed by atoms with E-state index in [0.29, 0.717) is 13.1 Å². The quantitative estimate of drug-likeness (QED) is 0.762. The van der Waals surface area contributed by atoms with Crippen molar-refractivity contribution >= 4 is 5.82 Å². The fraction of sp³-hybridized carbons (Fsp3) is 0.417. The number of nitrogens with one attached hydrogen (secondary N) is 1. The van der Waals surface area contributed by atoms with Gasteiger partial charge in [-0.05, 0) is 20.0 Å². The Labute approximate surface area is 95.7 Å². The number of aromatic nitrogens is 1. The molecule has 0 saturated heterocycles. The van der Waals surface area contributed by atoms with Gasteiger partial charge in [0, 0.05) is 18.7 Å². The van der Waals surface area contributed by atoms with Gasteiger partial charge in [-0.15, -0.1) is 6.42 Å². The van der Waals surface area contributed by atoms with E-state index in [1.54, 1.807) is 0 Å². The summed E-state index contributed by atoms with van der Waals surface area (Å²) < 4.78 is 13.1. The van der Waals surface area contributed by atoms with Gasteiger partial charge in [-0.2, -0.15) is 0 Å². The summed E-state index contributed by atoms with van der Waals surface area (Å²) in [6.07, 6.45) is 6.50. The molecule has 3 nitrogen and oxygen atoms in total. The van der Waals surface area contributed by atoms with Crippen LogP contribution in [-0.4, -0.2) is 25.1 Å². The van der Waals surface area contributed by atoms with E-state index in [4.69, 9.17) is 6.42 Å². The Morgan fingerprint density at radius 2 is 2.38 bits per heavy atom. The Morgan fingerprint density at radius 3 is 2.94 bits per heavy atom. The molecule has 1 rings (SSSR count). The smallest absolute Gasteiger partial charge is 0.141 e. The van der Waals surface area contributed by atoms with Crippen LogP contribution in [0.5, 0.6) is 0 Å². The number of hydrogen-bond acceptors (Lipinski definition) is 3. The number of pyridine rings is 1. The zero-order chi connectivity index (χ0) is 12.0. The van der Waals surface area contributed by atoms with Crippen LogP contribution in [-0.2, 0) is 6.54 Å². The van der Waals surface area contributed by atoms with Crippen molar-refractivity contribution < 1.29 is 4.39 Å². The van der Waals surface area contributed by atoms with Crippen LogP contribution in [0.3, 0.4) is 0 Å². The second kappa shape index (κ2) is 6.09. The van der Waals surface area contributed by atoms with Crippen LogP contribution in [0.4, 0.5) is 10.2 Å². The van der Waals surface area contributed by atoms with Crippen molar-refractivity contribution in [3.05, 3.63) is 23.6 Å². The number of rotatable bonds is 5. The molecule has 0 aromatic carbocycles. The van der Waals surface area contributed by atoms with Crippen molar-refractivity contribution in [3.8, 4) is 12.3 Å². The molecule has 0 spiro atoms. The fourth-order valence-electron chi connectivity index (χ4n) is 1.53. The van der Waals surface area contributed by atoms with Crippen molar-refractivity contribution in [2.75, 3.05) is 25.0 Å². The predicted molar refractivity (Wildman–Crippen MR) is 63.7 cm³/mol. The molecule has 0 amide bonds. The van der Waals surface area contributed by atoms with E-state index in [0.717, 1.165) is 17.9 Å². The van der Waals surface area contributed by atoms with Crippen LogP contribution in [0.2, 0.25) is 0 Å². The van der Waals surface area contributed by atoms with Gasteiger partial charge in [0.05, 0.1) is 12.7 Å². The predicted octanol–water partition coefficient (Wildman–Crippen LogP) is 1.40. The van der Waals surface area contributed by atoms with Gasteiger partial charge in [0.25, 0.3) is 0 Å². The summed E-state index contributed by atoms with van der Waals surface area (Å²) in [7, 11) is 1.81. The molecule has 0 fully saturated rings. The van der Waals surface area contributed by atoms with E-state index in [1.807, 2.05) is 18.9 Å². The summed E-state index contributed by atoms with van der Waals surface area (Å²) in [5.41, 5.74) is 0.819. The van der Waals surface area contributed by atoms with Gasteiger partial charge in [-0.3, -0.25) is 0 Å². The van der Waals surface area contributed by atoms with Gasteiger partial charge in [0.1, 0.15) is 11.6 Å². The number of hydrogen-bond donors (Lipinski definition) is 1. The Kier molecular flexibility index (Phi) is 4.74. The molecular weight excluding hydrogens is 205 g/mol. The molecular formula is C12H16FN3. The molecule has 86 valence electrons. The molecule has 0 atom stereocenters. The summed E-state index contributed by atoms with van der Waals surface area (Å²) in [4.78, 5) is 6.04. The zero-order valence-electron chi connectivity index (χ0n) is 9.63. The third-order valence-electron chi connectivity index (χ3n) is 2.24. The second-order valence-corrected chi connectivity index (χ2v) is 3.38. The maximum atomic E-state index is 13.1. The van der Waals surface area contributed by atoms with Gasteiger partial charge in [-0.1, -0.05) is 5.92 Å². The lowest BCUT2D eigenvalue weighted by Gasteiger charge is -2.22. The monoisotopic (exact) mass is 221 g/mol. The third-order valence-corrected chi connectivity index (χ3v) is 2.24. The summed E-state index contributed by atoms with van der Waals surface area (Å²) in [5, 5.41) is 2.99. The van der Waals surface area contributed by atoms with Crippen LogP contribution in [0.25, 0.3) is 0 Å². The van der Waals surface area contributed by atoms with E-state index in [9.17, 15) is 4.39 Å². The van der Waals surface area contributed by atoms with Crippen molar-refractivity contribution in [3.63, 3.8) is 0 Å². The summed E-state index contributed by atoms with van der Waals surface area (Å²) in [5.74, 6) is 2.99. The number of terminal acetylenes is 1. The Bertz CT molecular complexity index is 384. The highest BCUT2D eigenvalue weighted by molar-refractivity contribution is 5.47. The zero-order valence-corrected chi connectivity index (χ0v) is 9.63. The second-order valence-electron chi connectivity index (χ2n) is 3.38. The first-order valence-corrected chi connectivity index (χ1v) is 5.20. The Balaban J connectivity index is 3.05. The molecule has 1 heterocycles. The van der Waals surface area contributed by atoms with E-state index >= 15 is 0 Å². The SMILES string of the molecule is C#CCN(CC)c1ncc(F)cc1CNC. The van der Waals surface area contributed by atoms with Crippen LogP contribution in [0.15, 0.2) is 12.3 Å². The van der Waals surface area contributed by atoms with Crippen LogP contribution < -0.4 is 10.2 Å². The molecule has 0 unspecified atom stereocenters. The maximum Gasteiger partial charge on any atom is 0.141 e. The Morgan fingerprint density at radius 1 is 1.62 bits per heavy atom. The highest BCUT2D eigenvalue weighted by Gasteiger charge is 2.10. The molecule has 0 aliphatic carbocycles. The minimum Gasteiger partial charge on any atom is -0.345 e. The molecule has 0 saturated carbocycles. The van der Waals surface area contributed by atoms with Crippen molar-refractivity contribution in [1.82, 2.24) is 10.3 Å². The first-order valence-electron chi connectivity index (χ1n) is 5.20. The summed E-state index contributed by atoms with van der Waals surface area (Å²) in [6.45, 7) is 3.79. The van der Waals surface area contributed by atoms with E-state index in [1.165, 1.54) is 12.3 Å². The average molecular weight is 221 g/mol. The lowest BCUT2D eigenvalue weighted by Crippen LogP contribution is -2.26. The molecule has 1 aromatic heterocycles. The van der Waals surface area contributed by atoms with Crippen molar-refractivity contribution in [1.29, 1.82) is 0 Å². The lowest BCUT2D eigenvalue weighted by atomic mass is 10.2. The van der Waals surface area contributed by atoms with Crippen LogP contribution >= 0.6 is 0 Å². The first-order chi connectivity index (χ1) is 7.72. The molecule has 0 aliphatic rings. The third kappa shape index (κ3) is 2.94. The molecule has 1 aromatic rings. The normalized spacial score (nSPS) is 9.88. The van der Waals surface area contributed by atoms with E-state index in [2.05, 4.69) is 16.2 Å². The van der Waals surface area contributed by atoms with Crippen molar-refractivity contribution in [2.45, 2.75) is 13.5 Å². The lowest BCUT2D eigenvalue weighted by molar-refractivity contribution is 0.615. The molecule has 0 radical (unpaired) electrons. The topological polar surface area (TPSA) is 28.2 Å². The molecule has 0 aliphatic heterocycles. The Hall–Kier alpha value is -1.60. The first kappa shape index (κ1) is 12.5. The number of halogens is 1. The summed E-state index contributed by atoms with van der Waals surface area (Å²) in [6, 6.07) is 1.48. The average Bonchev–Trinajstić information content (AvgIpc) is 2.27. The van der Waals surface area contributed by atoms with Gasteiger partial charge in [0.2, 0.25) is 0 Å². The van der Waals surface area contributed by atoms with Crippen LogP contribution in [0, 0.1) is 18.2 Å². The summed E-state index contributed by atoms with van der Waals surface area (Å²) >= 11 is 0. The van der Waals surface area contributed by atoms with Crippen molar-refractivity contribution in [2.24, 2.45) is 0 Å². The number of anilines is 1. The fourth-order valence-corrected chi connectivity index (χ4v) is 1.53. The molecule has 1 N–H and O–H groups in total. The molecule has 16 heavy (non-hydrogen) atoms. The maximum absolute atomic E-state index is 13.1. The molecule has 4 heteroatoms. The van der Waals surface area contributed by atoms with Gasteiger partial charge >= 0.3 is 0 Å². The van der Waals surface area contributed by atoms with E-state index < -0.39 is 0 Å². The van der Waals surface area contributed by atoms with Gasteiger partial charge < -0.3 is 10.2 Å². The minimum absolute atomic E-state index is 0.328. The highest BCUT2D eigenvalue weighted by Crippen LogP contribution is 2.17.